The first-order valence-electron chi connectivity index (χ1n) is 13.3. The van der Waals surface area contributed by atoms with Gasteiger partial charge in [0.25, 0.3) is 0 Å². The van der Waals surface area contributed by atoms with Gasteiger partial charge in [-0.05, 0) is 89.9 Å². The molecule has 1 aromatic carbocycles. The van der Waals surface area contributed by atoms with E-state index in [1.165, 1.54) is 10.7 Å². The first kappa shape index (κ1) is 32.8. The quantitative estimate of drug-likeness (QED) is 0.215. The van der Waals surface area contributed by atoms with E-state index in [9.17, 15) is 13.5 Å². The van der Waals surface area contributed by atoms with Crippen LogP contribution in [-0.2, 0) is 14.8 Å². The van der Waals surface area contributed by atoms with E-state index in [1.807, 2.05) is 0 Å². The molecule has 0 aliphatic heterocycles. The number of aliphatic hydroxyl groups is 1. The first-order valence-corrected chi connectivity index (χ1v) is 14.7. The van der Waals surface area contributed by atoms with Crippen LogP contribution in [0.3, 0.4) is 0 Å². The second kappa shape index (κ2) is 15.9. The van der Waals surface area contributed by atoms with Gasteiger partial charge in [0.1, 0.15) is 11.5 Å². The lowest BCUT2D eigenvalue weighted by Gasteiger charge is -2.37. The van der Waals surface area contributed by atoms with Crippen molar-refractivity contribution in [1.29, 1.82) is 0 Å². The molecule has 0 aliphatic rings. The molecule has 36 heavy (non-hydrogen) atoms. The Morgan fingerprint density at radius 2 is 1.50 bits per heavy atom. The summed E-state index contributed by atoms with van der Waals surface area (Å²) in [5.41, 5.74) is 0.194. The molecule has 8 nitrogen and oxygen atoms in total. The molecule has 1 atom stereocenters. The molecule has 0 aliphatic carbocycles. The van der Waals surface area contributed by atoms with Crippen LogP contribution in [0.5, 0.6) is 5.75 Å². The Morgan fingerprint density at radius 1 is 0.917 bits per heavy atom. The van der Waals surface area contributed by atoms with Crippen molar-refractivity contribution in [2.75, 3.05) is 67.1 Å². The SMILES string of the molecule is CCCN(C)CCCCCN(CCC)C(C)(O)COCCN(C)S(=O)(=O)c1c(C)cc(OC)cc1C. The molecule has 0 amide bonds. The van der Waals surface area contributed by atoms with Crippen LogP contribution in [0.15, 0.2) is 17.0 Å². The summed E-state index contributed by atoms with van der Waals surface area (Å²) >= 11 is 0. The highest BCUT2D eigenvalue weighted by Gasteiger charge is 2.29. The Hall–Kier alpha value is -1.23. The molecule has 1 aromatic rings. The lowest BCUT2D eigenvalue weighted by Crippen LogP contribution is -2.51. The average molecular weight is 530 g/mol. The van der Waals surface area contributed by atoms with E-state index in [-0.39, 0.29) is 19.8 Å². The molecule has 0 heterocycles. The number of methoxy groups -OCH3 is 1. The molecular formula is C27H51N3O5S. The third kappa shape index (κ3) is 10.3. The van der Waals surface area contributed by atoms with Crippen LogP contribution in [0.1, 0.15) is 64.0 Å². The molecule has 0 saturated heterocycles. The Kier molecular flexibility index (Phi) is 14.5. The van der Waals surface area contributed by atoms with Gasteiger partial charge in [-0.2, -0.15) is 4.31 Å². The van der Waals surface area contributed by atoms with E-state index in [4.69, 9.17) is 9.47 Å². The molecule has 0 spiro atoms. The summed E-state index contributed by atoms with van der Waals surface area (Å²) in [6, 6.07) is 3.46. The lowest BCUT2D eigenvalue weighted by atomic mass is 10.1. The standard InChI is InChI=1S/C27H51N3O5S/c1-9-14-28(6)16-12-11-13-17-30(15-10-2)27(5,31)22-35-19-18-29(7)36(32,33)26-23(3)20-25(34-8)21-24(26)4/h20-21,31H,9-19,22H2,1-8H3. The fourth-order valence-electron chi connectivity index (χ4n) is 4.48. The fourth-order valence-corrected chi connectivity index (χ4v) is 6.04. The molecule has 0 fully saturated rings. The predicted molar refractivity (Wildman–Crippen MR) is 147 cm³/mol. The third-order valence-corrected chi connectivity index (χ3v) is 8.67. The minimum Gasteiger partial charge on any atom is -0.497 e. The van der Waals surface area contributed by atoms with E-state index in [2.05, 4.69) is 30.7 Å². The van der Waals surface area contributed by atoms with Gasteiger partial charge in [0, 0.05) is 26.7 Å². The predicted octanol–water partition coefficient (Wildman–Crippen LogP) is 3.88. The van der Waals surface area contributed by atoms with Crippen LogP contribution in [0.25, 0.3) is 0 Å². The summed E-state index contributed by atoms with van der Waals surface area (Å²) in [7, 11) is 1.61. The maximum absolute atomic E-state index is 13.2. The summed E-state index contributed by atoms with van der Waals surface area (Å²) in [5, 5.41) is 11.1. The topological polar surface area (TPSA) is 82.5 Å². The lowest BCUT2D eigenvalue weighted by molar-refractivity contribution is -0.140. The van der Waals surface area contributed by atoms with Crippen molar-refractivity contribution < 1.29 is 23.0 Å². The van der Waals surface area contributed by atoms with Crippen LogP contribution < -0.4 is 4.74 Å². The highest BCUT2D eigenvalue weighted by atomic mass is 32.2. The molecule has 9 heteroatoms. The Balaban J connectivity index is 2.59. The molecule has 1 N–H and O–H groups in total. The Morgan fingerprint density at radius 3 is 2.06 bits per heavy atom. The highest BCUT2D eigenvalue weighted by Crippen LogP contribution is 2.27. The number of hydrogen-bond acceptors (Lipinski definition) is 7. The third-order valence-electron chi connectivity index (χ3n) is 6.51. The van der Waals surface area contributed by atoms with Crippen molar-refractivity contribution in [3.8, 4) is 5.75 Å². The average Bonchev–Trinajstić information content (AvgIpc) is 2.80. The number of hydrogen-bond donors (Lipinski definition) is 1. The van der Waals surface area contributed by atoms with Gasteiger partial charge >= 0.3 is 0 Å². The number of sulfonamides is 1. The van der Waals surface area contributed by atoms with Gasteiger partial charge in [0.15, 0.2) is 0 Å². The number of rotatable bonds is 19. The smallest absolute Gasteiger partial charge is 0.243 e. The largest absolute Gasteiger partial charge is 0.497 e. The second-order valence-electron chi connectivity index (χ2n) is 10.0. The fraction of sp³-hybridized carbons (Fsp3) is 0.778. The Labute approximate surface area is 220 Å². The van der Waals surface area contributed by atoms with Crippen molar-refractivity contribution >= 4 is 10.0 Å². The summed E-state index contributed by atoms with van der Waals surface area (Å²) < 4.78 is 38.7. The summed E-state index contributed by atoms with van der Waals surface area (Å²) in [6.07, 6.45) is 5.42. The maximum Gasteiger partial charge on any atom is 0.243 e. The van der Waals surface area contributed by atoms with Gasteiger partial charge in [-0.25, -0.2) is 8.42 Å². The zero-order valence-corrected chi connectivity index (χ0v) is 24.8. The van der Waals surface area contributed by atoms with Crippen molar-refractivity contribution in [3.05, 3.63) is 23.3 Å². The first-order chi connectivity index (χ1) is 16.9. The minimum atomic E-state index is -3.67. The number of aryl methyl sites for hydroxylation is 2. The molecule has 0 radical (unpaired) electrons. The summed E-state index contributed by atoms with van der Waals surface area (Å²) in [6.45, 7) is 14.0. The van der Waals surface area contributed by atoms with Crippen molar-refractivity contribution in [1.82, 2.24) is 14.1 Å². The number of benzene rings is 1. The van der Waals surface area contributed by atoms with E-state index in [0.29, 0.717) is 21.8 Å². The number of nitrogens with zero attached hydrogens (tertiary/aromatic N) is 3. The second-order valence-corrected chi connectivity index (χ2v) is 12.0. The van der Waals surface area contributed by atoms with Crippen LogP contribution in [-0.4, -0.2) is 100 Å². The van der Waals surface area contributed by atoms with Crippen molar-refractivity contribution in [2.45, 2.75) is 77.3 Å². The molecule has 210 valence electrons. The zero-order chi connectivity index (χ0) is 27.4. The monoisotopic (exact) mass is 529 g/mol. The number of likely N-dealkylation sites (N-methyl/N-ethyl adjacent to an activating group) is 1. The number of ether oxygens (including phenoxy) is 2. The van der Waals surface area contributed by atoms with E-state index < -0.39 is 15.7 Å². The molecule has 0 aromatic heterocycles. The molecule has 1 rings (SSSR count). The molecule has 0 bridgehead atoms. The zero-order valence-electron chi connectivity index (χ0n) is 24.0. The van der Waals surface area contributed by atoms with Crippen LogP contribution in [0.2, 0.25) is 0 Å². The molecule has 1 unspecified atom stereocenters. The highest BCUT2D eigenvalue weighted by molar-refractivity contribution is 7.89. The van der Waals surface area contributed by atoms with E-state index in [1.54, 1.807) is 47.1 Å². The molecule has 0 saturated carbocycles. The summed E-state index contributed by atoms with van der Waals surface area (Å²) in [4.78, 5) is 4.74. The van der Waals surface area contributed by atoms with Gasteiger partial charge in [0.2, 0.25) is 10.0 Å². The van der Waals surface area contributed by atoms with Gasteiger partial charge in [-0.1, -0.05) is 20.3 Å². The van der Waals surface area contributed by atoms with Gasteiger partial charge < -0.3 is 19.5 Å². The minimum absolute atomic E-state index is 0.126. The van der Waals surface area contributed by atoms with E-state index >= 15 is 0 Å². The summed E-state index contributed by atoms with van der Waals surface area (Å²) in [5.74, 6) is 0.637. The van der Waals surface area contributed by atoms with Gasteiger partial charge in [0.05, 0.1) is 25.2 Å². The number of unbranched alkanes of at least 4 members (excludes halogenated alkanes) is 2. The normalized spacial score (nSPS) is 14.1. The van der Waals surface area contributed by atoms with Crippen molar-refractivity contribution in [2.24, 2.45) is 0 Å². The van der Waals surface area contributed by atoms with Crippen LogP contribution in [0.4, 0.5) is 0 Å². The van der Waals surface area contributed by atoms with Crippen molar-refractivity contribution in [3.63, 3.8) is 0 Å². The Bertz CT molecular complexity index is 853. The maximum atomic E-state index is 13.2. The van der Waals surface area contributed by atoms with Crippen LogP contribution in [0, 0.1) is 13.8 Å². The molecular weight excluding hydrogens is 478 g/mol. The van der Waals surface area contributed by atoms with Gasteiger partial charge in [-0.3, -0.25) is 4.90 Å². The van der Waals surface area contributed by atoms with Crippen LogP contribution >= 0.6 is 0 Å². The van der Waals surface area contributed by atoms with Gasteiger partial charge in [-0.15, -0.1) is 0 Å². The van der Waals surface area contributed by atoms with E-state index in [0.717, 1.165) is 51.9 Å².